The summed E-state index contributed by atoms with van der Waals surface area (Å²) >= 11 is 0. The molecule has 0 unspecified atom stereocenters. The number of rotatable bonds is 5. The number of hydrogen-bond acceptors (Lipinski definition) is 3. The summed E-state index contributed by atoms with van der Waals surface area (Å²) in [6.07, 6.45) is 4.44. The van der Waals surface area contributed by atoms with Crippen molar-refractivity contribution in [1.29, 1.82) is 0 Å². The minimum Gasteiger partial charge on any atom is -0.364 e. The fraction of sp³-hybridized carbons (Fsp3) is 0.571. The van der Waals surface area contributed by atoms with E-state index in [1.807, 2.05) is 24.1 Å². The molecule has 1 N–H and O–H groups in total. The lowest BCUT2D eigenvalue weighted by Crippen LogP contribution is -2.57. The summed E-state index contributed by atoms with van der Waals surface area (Å²) in [5.41, 5.74) is 1.28. The minimum absolute atomic E-state index is 0.269. The number of hydrogen-bond donors (Lipinski definition) is 1. The molecule has 18 heavy (non-hydrogen) atoms. The number of carbonyl (C=O) groups excluding carboxylic acids is 1. The summed E-state index contributed by atoms with van der Waals surface area (Å²) in [5, 5.41) is 3.38. The first-order valence-corrected chi connectivity index (χ1v) is 6.72. The van der Waals surface area contributed by atoms with Gasteiger partial charge in [-0.1, -0.05) is 13.8 Å². The molecule has 1 amide bonds. The summed E-state index contributed by atoms with van der Waals surface area (Å²) in [5.74, 6) is 1.19. The van der Waals surface area contributed by atoms with Crippen LogP contribution in [0.2, 0.25) is 0 Å². The zero-order valence-electron chi connectivity index (χ0n) is 11.1. The number of anilines is 1. The smallest absolute Gasteiger partial charge is 0.222 e. The van der Waals surface area contributed by atoms with Gasteiger partial charge in [0.1, 0.15) is 5.82 Å². The van der Waals surface area contributed by atoms with Crippen molar-refractivity contribution in [1.82, 2.24) is 9.88 Å². The van der Waals surface area contributed by atoms with E-state index in [1.54, 1.807) is 0 Å². The van der Waals surface area contributed by atoms with Gasteiger partial charge >= 0.3 is 0 Å². The van der Waals surface area contributed by atoms with Crippen LogP contribution in [0.5, 0.6) is 0 Å². The van der Waals surface area contributed by atoms with E-state index in [0.29, 0.717) is 12.5 Å². The van der Waals surface area contributed by atoms with Crippen molar-refractivity contribution in [3.05, 3.63) is 23.9 Å². The molecule has 4 heteroatoms. The number of aromatic nitrogens is 1. The number of amides is 1. The standard InChI is InChI=1S/C14H21N3O/c1-3-5-14(18)17-9-12(10-17)16-13-8-11(4-2)6-7-15-13/h6-8,12H,3-5,9-10H2,1-2H3,(H,15,16). The maximum absolute atomic E-state index is 11.6. The van der Waals surface area contributed by atoms with Crippen LogP contribution in [0.25, 0.3) is 0 Å². The van der Waals surface area contributed by atoms with Crippen molar-refractivity contribution in [2.24, 2.45) is 0 Å². The van der Waals surface area contributed by atoms with Crippen molar-refractivity contribution in [3.63, 3.8) is 0 Å². The maximum atomic E-state index is 11.6. The van der Waals surface area contributed by atoms with E-state index in [4.69, 9.17) is 0 Å². The molecule has 0 radical (unpaired) electrons. The average molecular weight is 247 g/mol. The first kappa shape index (κ1) is 12.9. The van der Waals surface area contributed by atoms with Gasteiger partial charge in [-0.25, -0.2) is 4.98 Å². The molecule has 4 nitrogen and oxygen atoms in total. The lowest BCUT2D eigenvalue weighted by Gasteiger charge is -2.40. The van der Waals surface area contributed by atoms with Gasteiger partial charge in [0.15, 0.2) is 0 Å². The van der Waals surface area contributed by atoms with Gasteiger partial charge in [0.05, 0.1) is 6.04 Å². The van der Waals surface area contributed by atoms with Crippen molar-refractivity contribution in [2.45, 2.75) is 39.2 Å². The first-order valence-electron chi connectivity index (χ1n) is 6.72. The van der Waals surface area contributed by atoms with Crippen LogP contribution < -0.4 is 5.32 Å². The Kier molecular flexibility index (Phi) is 4.18. The Labute approximate surface area is 108 Å². The third-order valence-electron chi connectivity index (χ3n) is 3.28. The fourth-order valence-electron chi connectivity index (χ4n) is 2.13. The molecule has 1 saturated heterocycles. The third-order valence-corrected chi connectivity index (χ3v) is 3.28. The number of nitrogens with one attached hydrogen (secondary N) is 1. The number of pyridine rings is 1. The molecule has 0 aromatic carbocycles. The zero-order chi connectivity index (χ0) is 13.0. The number of nitrogens with zero attached hydrogens (tertiary/aromatic N) is 2. The molecule has 1 fully saturated rings. The zero-order valence-corrected chi connectivity index (χ0v) is 11.1. The van der Waals surface area contributed by atoms with E-state index < -0.39 is 0 Å². The minimum atomic E-state index is 0.269. The van der Waals surface area contributed by atoms with Gasteiger partial charge in [-0.3, -0.25) is 4.79 Å². The van der Waals surface area contributed by atoms with Gasteiger partial charge in [-0.2, -0.15) is 0 Å². The molecule has 0 saturated carbocycles. The predicted octanol–water partition coefficient (Wildman–Crippen LogP) is 2.07. The monoisotopic (exact) mass is 247 g/mol. The summed E-state index contributed by atoms with van der Waals surface area (Å²) in [4.78, 5) is 17.8. The molecule has 0 bridgehead atoms. The second kappa shape index (κ2) is 5.85. The van der Waals surface area contributed by atoms with Gasteiger partial charge in [-0.15, -0.1) is 0 Å². The topological polar surface area (TPSA) is 45.2 Å². The normalized spacial score (nSPS) is 15.3. The molecule has 0 spiro atoms. The van der Waals surface area contributed by atoms with Crippen molar-refractivity contribution >= 4 is 11.7 Å². The van der Waals surface area contributed by atoms with Crippen LogP contribution >= 0.6 is 0 Å². The van der Waals surface area contributed by atoms with Gasteiger partial charge in [0.2, 0.25) is 5.91 Å². The van der Waals surface area contributed by atoms with E-state index in [9.17, 15) is 4.79 Å². The van der Waals surface area contributed by atoms with E-state index in [2.05, 4.69) is 23.3 Å². The highest BCUT2D eigenvalue weighted by atomic mass is 16.2. The number of aryl methyl sites for hydroxylation is 1. The van der Waals surface area contributed by atoms with Crippen molar-refractivity contribution < 1.29 is 4.79 Å². The van der Waals surface area contributed by atoms with Crippen LogP contribution in [0.4, 0.5) is 5.82 Å². The van der Waals surface area contributed by atoms with E-state index in [-0.39, 0.29) is 5.91 Å². The average Bonchev–Trinajstić information content (AvgIpc) is 2.33. The molecule has 1 aliphatic heterocycles. The summed E-state index contributed by atoms with van der Waals surface area (Å²) in [6.45, 7) is 5.77. The van der Waals surface area contributed by atoms with Crippen molar-refractivity contribution in [2.75, 3.05) is 18.4 Å². The molecule has 1 aromatic heterocycles. The second-order valence-electron chi connectivity index (χ2n) is 4.79. The Bertz CT molecular complexity index is 413. The highest BCUT2D eigenvalue weighted by Gasteiger charge is 2.29. The fourth-order valence-corrected chi connectivity index (χ4v) is 2.13. The van der Waals surface area contributed by atoms with Gasteiger partial charge in [0.25, 0.3) is 0 Å². The Morgan fingerprint density at radius 2 is 2.28 bits per heavy atom. The lowest BCUT2D eigenvalue weighted by atomic mass is 10.1. The molecule has 98 valence electrons. The van der Waals surface area contributed by atoms with Crippen LogP contribution in [-0.2, 0) is 11.2 Å². The summed E-state index contributed by atoms with van der Waals surface area (Å²) in [6, 6.07) is 4.46. The van der Waals surface area contributed by atoms with Gasteiger partial charge in [0, 0.05) is 25.7 Å². The molecular formula is C14H21N3O. The molecule has 1 aromatic rings. The van der Waals surface area contributed by atoms with Crippen LogP contribution in [0, 0.1) is 0 Å². The molecule has 1 aliphatic rings. The molecule has 0 aliphatic carbocycles. The van der Waals surface area contributed by atoms with Gasteiger partial charge < -0.3 is 10.2 Å². The Hall–Kier alpha value is -1.58. The SMILES string of the molecule is CCCC(=O)N1CC(Nc2cc(CC)ccn2)C1. The number of likely N-dealkylation sites (tertiary alicyclic amines) is 1. The Morgan fingerprint density at radius 3 is 2.94 bits per heavy atom. The lowest BCUT2D eigenvalue weighted by molar-refractivity contribution is -0.135. The third kappa shape index (κ3) is 3.00. The van der Waals surface area contributed by atoms with Crippen LogP contribution in [-0.4, -0.2) is 34.9 Å². The molecule has 0 atom stereocenters. The largest absolute Gasteiger partial charge is 0.364 e. The van der Waals surface area contributed by atoms with Crippen molar-refractivity contribution in [3.8, 4) is 0 Å². The molecule has 2 heterocycles. The Morgan fingerprint density at radius 1 is 1.50 bits per heavy atom. The van der Waals surface area contributed by atoms with E-state index >= 15 is 0 Å². The summed E-state index contributed by atoms with van der Waals surface area (Å²) in [7, 11) is 0. The number of carbonyl (C=O) groups is 1. The van der Waals surface area contributed by atoms with Crippen LogP contribution in [0.15, 0.2) is 18.3 Å². The summed E-state index contributed by atoms with van der Waals surface area (Å²) < 4.78 is 0. The maximum Gasteiger partial charge on any atom is 0.222 e. The Balaban J connectivity index is 1.81. The highest BCUT2D eigenvalue weighted by Crippen LogP contribution is 2.16. The van der Waals surface area contributed by atoms with E-state index in [0.717, 1.165) is 31.7 Å². The molecular weight excluding hydrogens is 226 g/mol. The second-order valence-corrected chi connectivity index (χ2v) is 4.79. The quantitative estimate of drug-likeness (QED) is 0.866. The van der Waals surface area contributed by atoms with Crippen LogP contribution in [0.3, 0.4) is 0 Å². The molecule has 2 rings (SSSR count). The van der Waals surface area contributed by atoms with E-state index in [1.165, 1.54) is 5.56 Å². The first-order chi connectivity index (χ1) is 8.72. The predicted molar refractivity (Wildman–Crippen MR) is 72.5 cm³/mol. The highest BCUT2D eigenvalue weighted by molar-refractivity contribution is 5.77. The van der Waals surface area contributed by atoms with Crippen LogP contribution in [0.1, 0.15) is 32.3 Å². The van der Waals surface area contributed by atoms with Gasteiger partial charge in [-0.05, 0) is 30.5 Å².